The molecule has 2 aromatic carbocycles. The molecular formula is C22H24N4O2. The van der Waals surface area contributed by atoms with Gasteiger partial charge in [-0.1, -0.05) is 30.3 Å². The van der Waals surface area contributed by atoms with E-state index in [2.05, 4.69) is 36.2 Å². The molecule has 0 bridgehead atoms. The number of hydrogen-bond donors (Lipinski definition) is 1. The first kappa shape index (κ1) is 18.1. The van der Waals surface area contributed by atoms with Crippen molar-refractivity contribution in [1.29, 1.82) is 0 Å². The Hall–Kier alpha value is -3.28. The van der Waals surface area contributed by atoms with E-state index in [4.69, 9.17) is 19.4 Å². The molecule has 0 saturated heterocycles. The highest BCUT2D eigenvalue weighted by atomic mass is 16.6. The minimum atomic E-state index is 0.555. The monoisotopic (exact) mass is 376 g/mol. The molecule has 0 radical (unpaired) electrons. The van der Waals surface area contributed by atoms with E-state index < -0.39 is 0 Å². The maximum absolute atomic E-state index is 5.68. The van der Waals surface area contributed by atoms with Gasteiger partial charge < -0.3 is 19.7 Å². The number of benzene rings is 2. The molecule has 2 heterocycles. The van der Waals surface area contributed by atoms with E-state index in [0.717, 1.165) is 47.4 Å². The largest absolute Gasteiger partial charge is 0.486 e. The summed E-state index contributed by atoms with van der Waals surface area (Å²) in [5, 5.41) is 3.32. The molecule has 28 heavy (non-hydrogen) atoms. The number of nitrogens with zero attached hydrogens (tertiary/aromatic N) is 3. The lowest BCUT2D eigenvalue weighted by Gasteiger charge is -2.22. The Bertz CT molecular complexity index is 943. The number of aromatic nitrogens is 2. The summed E-state index contributed by atoms with van der Waals surface area (Å²) in [6.07, 6.45) is 0. The van der Waals surface area contributed by atoms with Gasteiger partial charge in [0.25, 0.3) is 0 Å². The van der Waals surface area contributed by atoms with Crippen molar-refractivity contribution in [3.8, 4) is 22.8 Å². The van der Waals surface area contributed by atoms with Crippen LogP contribution in [0.2, 0.25) is 0 Å². The fourth-order valence-electron chi connectivity index (χ4n) is 3.21. The Labute approximate surface area is 165 Å². The van der Waals surface area contributed by atoms with Gasteiger partial charge in [-0.2, -0.15) is 4.98 Å². The highest BCUT2D eigenvalue weighted by Crippen LogP contribution is 2.33. The molecule has 0 fully saturated rings. The third-order valence-corrected chi connectivity index (χ3v) is 4.67. The summed E-state index contributed by atoms with van der Waals surface area (Å²) < 4.78 is 11.3. The Balaban J connectivity index is 1.70. The Morgan fingerprint density at radius 3 is 2.39 bits per heavy atom. The first-order chi connectivity index (χ1) is 13.8. The summed E-state index contributed by atoms with van der Waals surface area (Å²) in [5.74, 6) is 2.96. The molecule has 1 aromatic heterocycles. The zero-order valence-corrected chi connectivity index (χ0v) is 16.2. The molecule has 1 aliphatic heterocycles. The fraction of sp³-hybridized carbons (Fsp3) is 0.273. The van der Waals surface area contributed by atoms with E-state index in [1.807, 2.05) is 42.5 Å². The highest BCUT2D eigenvalue weighted by molar-refractivity contribution is 5.67. The lowest BCUT2D eigenvalue weighted by atomic mass is 10.1. The highest BCUT2D eigenvalue weighted by Gasteiger charge is 2.14. The minimum absolute atomic E-state index is 0.555. The van der Waals surface area contributed by atoms with Crippen LogP contribution >= 0.6 is 0 Å². The summed E-state index contributed by atoms with van der Waals surface area (Å²) in [4.78, 5) is 11.7. The van der Waals surface area contributed by atoms with E-state index in [1.165, 1.54) is 0 Å². The normalized spacial score (nSPS) is 12.5. The number of nitrogens with one attached hydrogen (secondary N) is 1. The summed E-state index contributed by atoms with van der Waals surface area (Å²) >= 11 is 0. The summed E-state index contributed by atoms with van der Waals surface area (Å²) in [7, 11) is 0. The third-order valence-electron chi connectivity index (χ3n) is 4.67. The van der Waals surface area contributed by atoms with Crippen LogP contribution in [0, 0.1) is 0 Å². The van der Waals surface area contributed by atoms with Crippen molar-refractivity contribution in [2.24, 2.45) is 0 Å². The molecule has 0 amide bonds. The van der Waals surface area contributed by atoms with Crippen LogP contribution in [-0.4, -0.2) is 36.3 Å². The average Bonchev–Trinajstić information content (AvgIpc) is 2.75. The summed E-state index contributed by atoms with van der Waals surface area (Å²) in [5.41, 5.74) is 2.81. The summed E-state index contributed by atoms with van der Waals surface area (Å²) in [6, 6.07) is 18.0. The molecule has 0 saturated carbocycles. The van der Waals surface area contributed by atoms with Crippen LogP contribution in [0.4, 0.5) is 17.5 Å². The van der Waals surface area contributed by atoms with Gasteiger partial charge in [-0.25, -0.2) is 4.98 Å². The third kappa shape index (κ3) is 3.86. The lowest BCUT2D eigenvalue weighted by molar-refractivity contribution is 0.171. The van der Waals surface area contributed by atoms with Gasteiger partial charge in [-0.05, 0) is 26.0 Å². The second-order valence-corrected chi connectivity index (χ2v) is 6.46. The van der Waals surface area contributed by atoms with Crippen molar-refractivity contribution in [2.45, 2.75) is 13.8 Å². The summed E-state index contributed by atoms with van der Waals surface area (Å²) in [6.45, 7) is 7.15. The number of hydrogen-bond acceptors (Lipinski definition) is 6. The Morgan fingerprint density at radius 1 is 0.893 bits per heavy atom. The van der Waals surface area contributed by atoms with Crippen molar-refractivity contribution < 1.29 is 9.47 Å². The first-order valence-corrected chi connectivity index (χ1v) is 9.63. The maximum atomic E-state index is 5.68. The molecule has 1 aliphatic rings. The predicted molar refractivity (Wildman–Crippen MR) is 112 cm³/mol. The van der Waals surface area contributed by atoms with Crippen LogP contribution in [0.5, 0.6) is 11.5 Å². The number of ether oxygens (including phenoxy) is 2. The molecule has 0 atom stereocenters. The molecule has 144 valence electrons. The lowest BCUT2D eigenvalue weighted by Crippen LogP contribution is -2.23. The van der Waals surface area contributed by atoms with Gasteiger partial charge in [0.15, 0.2) is 11.5 Å². The SMILES string of the molecule is CCN(CC)c1cc(-c2ccccc2)nc(Nc2ccc3c(c2)OCCO3)n1. The van der Waals surface area contributed by atoms with Gasteiger partial charge >= 0.3 is 0 Å². The smallest absolute Gasteiger partial charge is 0.229 e. The maximum Gasteiger partial charge on any atom is 0.229 e. The van der Waals surface area contributed by atoms with Crippen LogP contribution in [0.3, 0.4) is 0 Å². The van der Waals surface area contributed by atoms with Crippen molar-refractivity contribution in [3.63, 3.8) is 0 Å². The van der Waals surface area contributed by atoms with E-state index in [-0.39, 0.29) is 0 Å². The standard InChI is InChI=1S/C22H24N4O2/c1-3-26(4-2)21-15-18(16-8-6-5-7-9-16)24-22(25-21)23-17-10-11-19-20(14-17)28-13-12-27-19/h5-11,14-15H,3-4,12-13H2,1-2H3,(H,23,24,25). The first-order valence-electron chi connectivity index (χ1n) is 9.63. The van der Waals surface area contributed by atoms with Crippen molar-refractivity contribution >= 4 is 17.5 Å². The van der Waals surface area contributed by atoms with Crippen LogP contribution in [0.25, 0.3) is 11.3 Å². The Kier molecular flexibility index (Phi) is 5.28. The predicted octanol–water partition coefficient (Wildman–Crippen LogP) is 4.50. The number of anilines is 3. The zero-order valence-electron chi connectivity index (χ0n) is 16.2. The van der Waals surface area contributed by atoms with E-state index >= 15 is 0 Å². The molecule has 0 spiro atoms. The van der Waals surface area contributed by atoms with E-state index in [1.54, 1.807) is 0 Å². The number of fused-ring (bicyclic) bond motifs is 1. The van der Waals surface area contributed by atoms with Gasteiger partial charge in [0, 0.05) is 36.5 Å². The van der Waals surface area contributed by atoms with Crippen LogP contribution < -0.4 is 19.7 Å². The van der Waals surface area contributed by atoms with Gasteiger partial charge in [-0.3, -0.25) is 0 Å². The van der Waals surface area contributed by atoms with Gasteiger partial charge in [0.05, 0.1) is 5.69 Å². The fourth-order valence-corrected chi connectivity index (χ4v) is 3.21. The zero-order chi connectivity index (χ0) is 19.3. The van der Waals surface area contributed by atoms with Gasteiger partial charge in [0.1, 0.15) is 19.0 Å². The Morgan fingerprint density at radius 2 is 1.64 bits per heavy atom. The topological polar surface area (TPSA) is 59.5 Å². The average molecular weight is 376 g/mol. The second-order valence-electron chi connectivity index (χ2n) is 6.46. The van der Waals surface area contributed by atoms with Crippen LogP contribution in [0.15, 0.2) is 54.6 Å². The quantitative estimate of drug-likeness (QED) is 0.683. The molecule has 6 heteroatoms. The van der Waals surface area contributed by atoms with Crippen molar-refractivity contribution in [3.05, 3.63) is 54.6 Å². The van der Waals surface area contributed by atoms with E-state index in [9.17, 15) is 0 Å². The molecule has 0 aliphatic carbocycles. The van der Waals surface area contributed by atoms with Crippen molar-refractivity contribution in [1.82, 2.24) is 9.97 Å². The van der Waals surface area contributed by atoms with Gasteiger partial charge in [-0.15, -0.1) is 0 Å². The van der Waals surface area contributed by atoms with Crippen LogP contribution in [0.1, 0.15) is 13.8 Å². The molecule has 0 unspecified atom stereocenters. The van der Waals surface area contributed by atoms with Gasteiger partial charge in [0.2, 0.25) is 5.95 Å². The van der Waals surface area contributed by atoms with Crippen molar-refractivity contribution in [2.75, 3.05) is 36.5 Å². The second kappa shape index (κ2) is 8.17. The minimum Gasteiger partial charge on any atom is -0.486 e. The molecule has 3 aromatic rings. The van der Waals surface area contributed by atoms with E-state index in [0.29, 0.717) is 19.2 Å². The molecular weight excluding hydrogens is 352 g/mol. The number of rotatable bonds is 6. The molecule has 6 nitrogen and oxygen atoms in total. The molecule has 4 rings (SSSR count). The molecule has 1 N–H and O–H groups in total. The van der Waals surface area contributed by atoms with Crippen LogP contribution in [-0.2, 0) is 0 Å².